The maximum atomic E-state index is 12.8. The monoisotopic (exact) mass is 394 g/mol. The molecule has 0 saturated carbocycles. The lowest BCUT2D eigenvalue weighted by Crippen LogP contribution is -2.40. The van der Waals surface area contributed by atoms with E-state index in [0.717, 1.165) is 5.69 Å². The number of hydrogen-bond acceptors (Lipinski definition) is 4. The number of esters is 1. The van der Waals surface area contributed by atoms with Crippen molar-refractivity contribution in [1.29, 1.82) is 0 Å². The van der Waals surface area contributed by atoms with Crippen LogP contribution in [0.3, 0.4) is 0 Å². The lowest BCUT2D eigenvalue weighted by Gasteiger charge is -2.20. The van der Waals surface area contributed by atoms with Crippen LogP contribution in [0.1, 0.15) is 42.7 Å². The summed E-state index contributed by atoms with van der Waals surface area (Å²) in [5.74, 6) is -1.22. The summed E-state index contributed by atoms with van der Waals surface area (Å²) in [5.41, 5.74) is 10.4. The van der Waals surface area contributed by atoms with Crippen LogP contribution < -0.4 is 10.2 Å². The molecule has 0 bridgehead atoms. The molecule has 1 atom stereocenters. The average molecular weight is 394 g/mol. The highest BCUT2D eigenvalue weighted by Crippen LogP contribution is 2.19. The first-order valence-corrected chi connectivity index (χ1v) is 9.21. The minimum atomic E-state index is -0.975. The molecule has 0 fully saturated rings. The van der Waals surface area contributed by atoms with Crippen LogP contribution >= 0.6 is 0 Å². The van der Waals surface area contributed by atoms with Crippen molar-refractivity contribution in [2.75, 3.05) is 19.0 Å². The summed E-state index contributed by atoms with van der Waals surface area (Å²) in [6, 6.07) is 14.9. The molecule has 1 N–H and O–H groups in total. The summed E-state index contributed by atoms with van der Waals surface area (Å²) in [6.45, 7) is 5.13. The third kappa shape index (κ3) is 6.02. The second-order valence-electron chi connectivity index (χ2n) is 7.75. The van der Waals surface area contributed by atoms with Crippen molar-refractivity contribution >= 4 is 23.3 Å². The van der Waals surface area contributed by atoms with Crippen molar-refractivity contribution in [2.45, 2.75) is 32.4 Å². The summed E-state index contributed by atoms with van der Waals surface area (Å²) in [7, 11) is 3.82. The summed E-state index contributed by atoms with van der Waals surface area (Å²) >= 11 is 0. The minimum absolute atomic E-state index is 0.301. The summed E-state index contributed by atoms with van der Waals surface area (Å²) in [4.78, 5) is 30.5. The Morgan fingerprint density at radius 3 is 2.10 bits per heavy atom. The number of nitrogens with one attached hydrogen (secondary N) is 1. The second kappa shape index (κ2) is 9.17. The lowest BCUT2D eigenvalue weighted by atomic mass is 10.0. The van der Waals surface area contributed by atoms with Gasteiger partial charge in [-0.15, -0.1) is 0 Å². The van der Waals surface area contributed by atoms with Crippen LogP contribution in [0.5, 0.6) is 0 Å². The molecule has 0 aliphatic rings. The number of amides is 1. The average Bonchev–Trinajstić information content (AvgIpc) is 2.67. The van der Waals surface area contributed by atoms with Crippen LogP contribution in [0.4, 0.5) is 5.69 Å². The smallest absolute Gasteiger partial charge is 0.420 e. The Hall–Kier alpha value is -3.44. The highest BCUT2D eigenvalue weighted by molar-refractivity contribution is 6.36. The zero-order valence-corrected chi connectivity index (χ0v) is 17.3. The molecule has 1 amide bonds. The number of carbonyl (C=O) groups is 2. The Bertz CT molecular complexity index is 909. The normalized spacial score (nSPS) is 11.8. The largest absolute Gasteiger partial charge is 0.451 e. The van der Waals surface area contributed by atoms with E-state index in [-0.39, 0.29) is 5.71 Å². The molecule has 0 radical (unpaired) electrons. The third-order valence-electron chi connectivity index (χ3n) is 4.04. The first kappa shape index (κ1) is 21.9. The second-order valence-corrected chi connectivity index (χ2v) is 7.75. The Morgan fingerprint density at radius 1 is 1.03 bits per heavy atom. The highest BCUT2D eigenvalue weighted by Gasteiger charge is 2.37. The molecule has 0 aromatic heterocycles. The van der Waals surface area contributed by atoms with Crippen molar-refractivity contribution < 1.29 is 19.1 Å². The van der Waals surface area contributed by atoms with Gasteiger partial charge in [-0.1, -0.05) is 30.3 Å². The van der Waals surface area contributed by atoms with Crippen LogP contribution in [0.15, 0.2) is 54.6 Å². The molecule has 7 heteroatoms. The number of carbonyl (C=O) groups excluding carboxylic acids is 2. The maximum Gasteiger partial charge on any atom is 0.420 e. The van der Waals surface area contributed by atoms with Gasteiger partial charge in [0.2, 0.25) is 0 Å². The van der Waals surface area contributed by atoms with E-state index in [4.69, 9.17) is 4.74 Å². The zero-order chi connectivity index (χ0) is 21.6. The molecule has 152 valence electrons. The standard InChI is InChI=1S/C22H26N4O3/c1-22(2,3)29-21(28)19(25-23)18(15-9-7-6-8-10-15)24-20(27)16-11-13-17(14-12-16)26(4)5/h6-14,18H,1-5H3,(H,24,27). The van der Waals surface area contributed by atoms with E-state index >= 15 is 0 Å². The predicted octanol–water partition coefficient (Wildman–Crippen LogP) is 3.24. The van der Waals surface area contributed by atoms with E-state index in [1.54, 1.807) is 57.2 Å². The SMILES string of the molecule is CN(C)c1ccc(C(=O)NC(C(=[N+]=[N-])C(=O)OC(C)(C)C)c2ccccc2)cc1. The highest BCUT2D eigenvalue weighted by atomic mass is 16.6. The van der Waals surface area contributed by atoms with Gasteiger partial charge in [0.1, 0.15) is 5.60 Å². The van der Waals surface area contributed by atoms with E-state index in [2.05, 4.69) is 10.1 Å². The molecule has 0 spiro atoms. The van der Waals surface area contributed by atoms with E-state index in [1.807, 2.05) is 37.2 Å². The summed E-state index contributed by atoms with van der Waals surface area (Å²) < 4.78 is 5.34. The summed E-state index contributed by atoms with van der Waals surface area (Å²) in [5, 5.41) is 2.77. The molecule has 0 saturated heterocycles. The van der Waals surface area contributed by atoms with Crippen molar-refractivity contribution in [3.05, 3.63) is 71.3 Å². The number of benzene rings is 2. The number of nitrogens with zero attached hydrogens (tertiary/aromatic N) is 3. The van der Waals surface area contributed by atoms with Crippen molar-refractivity contribution in [1.82, 2.24) is 5.32 Å². The molecule has 29 heavy (non-hydrogen) atoms. The molecule has 2 aromatic rings. The Labute approximate surface area is 170 Å². The van der Waals surface area contributed by atoms with E-state index in [9.17, 15) is 15.1 Å². The first-order chi connectivity index (χ1) is 13.6. The van der Waals surface area contributed by atoms with Gasteiger partial charge < -0.3 is 20.5 Å². The molecule has 0 aliphatic carbocycles. The van der Waals surface area contributed by atoms with Gasteiger partial charge in [0.05, 0.1) is 0 Å². The molecule has 0 heterocycles. The maximum absolute atomic E-state index is 12.8. The van der Waals surface area contributed by atoms with Crippen LogP contribution in [0, 0.1) is 0 Å². The quantitative estimate of drug-likeness (QED) is 0.352. The molecular formula is C22H26N4O3. The van der Waals surface area contributed by atoms with Gasteiger partial charge >= 0.3 is 11.7 Å². The van der Waals surface area contributed by atoms with Gasteiger partial charge in [-0.3, -0.25) is 4.79 Å². The molecule has 2 rings (SSSR count). The molecule has 1 unspecified atom stereocenters. The van der Waals surface area contributed by atoms with Crippen LogP contribution in [0.25, 0.3) is 5.53 Å². The molecule has 2 aromatic carbocycles. The lowest BCUT2D eigenvalue weighted by molar-refractivity contribution is -0.151. The van der Waals surface area contributed by atoms with Gasteiger partial charge in [-0.25, -0.2) is 4.79 Å². The van der Waals surface area contributed by atoms with Gasteiger partial charge in [-0.2, -0.15) is 4.79 Å². The van der Waals surface area contributed by atoms with Crippen LogP contribution in [-0.4, -0.2) is 42.1 Å². The molecular weight excluding hydrogens is 368 g/mol. The number of hydrogen-bond donors (Lipinski definition) is 1. The van der Waals surface area contributed by atoms with E-state index in [0.29, 0.717) is 11.1 Å². The fourth-order valence-electron chi connectivity index (χ4n) is 2.63. The van der Waals surface area contributed by atoms with Crippen molar-refractivity contribution in [3.8, 4) is 0 Å². The first-order valence-electron chi connectivity index (χ1n) is 9.21. The molecule has 7 nitrogen and oxygen atoms in total. The van der Waals surface area contributed by atoms with Crippen molar-refractivity contribution in [2.24, 2.45) is 0 Å². The fourth-order valence-corrected chi connectivity index (χ4v) is 2.63. The Balaban J connectivity index is 2.35. The van der Waals surface area contributed by atoms with Crippen LogP contribution in [-0.2, 0) is 9.53 Å². The summed E-state index contributed by atoms with van der Waals surface area (Å²) in [6.07, 6.45) is 0. The molecule has 0 aliphatic heterocycles. The predicted molar refractivity (Wildman–Crippen MR) is 112 cm³/mol. The van der Waals surface area contributed by atoms with Gasteiger partial charge in [0.15, 0.2) is 6.04 Å². The number of rotatable bonds is 6. The Morgan fingerprint density at radius 2 is 1.62 bits per heavy atom. The van der Waals surface area contributed by atoms with Gasteiger partial charge in [0, 0.05) is 25.3 Å². The van der Waals surface area contributed by atoms with Gasteiger partial charge in [0.25, 0.3) is 5.91 Å². The fraction of sp³-hybridized carbons (Fsp3) is 0.318. The zero-order valence-electron chi connectivity index (χ0n) is 17.3. The Kier molecular flexibility index (Phi) is 6.91. The van der Waals surface area contributed by atoms with E-state index < -0.39 is 23.5 Å². The van der Waals surface area contributed by atoms with Crippen LogP contribution in [0.2, 0.25) is 0 Å². The van der Waals surface area contributed by atoms with Crippen molar-refractivity contribution in [3.63, 3.8) is 0 Å². The van der Waals surface area contributed by atoms with E-state index in [1.165, 1.54) is 0 Å². The number of ether oxygens (including phenoxy) is 1. The number of anilines is 1. The third-order valence-corrected chi connectivity index (χ3v) is 4.04. The van der Waals surface area contributed by atoms with Gasteiger partial charge in [-0.05, 0) is 50.6 Å². The topological polar surface area (TPSA) is 95.0 Å². The minimum Gasteiger partial charge on any atom is -0.451 e.